The van der Waals surface area contributed by atoms with Gasteiger partial charge in [0.05, 0.1) is 28.4 Å². The summed E-state index contributed by atoms with van der Waals surface area (Å²) in [5.41, 5.74) is 3.36. The van der Waals surface area contributed by atoms with Gasteiger partial charge in [0.25, 0.3) is 0 Å². The lowest BCUT2D eigenvalue weighted by atomic mass is 10.1. The van der Waals surface area contributed by atoms with E-state index in [1.165, 1.54) is 0 Å². The van der Waals surface area contributed by atoms with Crippen molar-refractivity contribution < 1.29 is 18.9 Å². The van der Waals surface area contributed by atoms with Gasteiger partial charge in [-0.1, -0.05) is 29.7 Å². The normalized spacial score (nSPS) is 9.47. The summed E-state index contributed by atoms with van der Waals surface area (Å²) in [5.74, 6) is 15.4. The summed E-state index contributed by atoms with van der Waals surface area (Å²) in [6.07, 6.45) is 0. The minimum absolute atomic E-state index is 0.701. The Hall–Kier alpha value is -4.02. The fourth-order valence-electron chi connectivity index (χ4n) is 2.72. The first-order valence-corrected chi connectivity index (χ1v) is 9.23. The van der Waals surface area contributed by atoms with Crippen molar-refractivity contribution in [2.75, 3.05) is 28.4 Å². The lowest BCUT2D eigenvalue weighted by Gasteiger charge is -2.04. The van der Waals surface area contributed by atoms with Crippen LogP contribution in [-0.4, -0.2) is 28.4 Å². The summed E-state index contributed by atoms with van der Waals surface area (Å²) >= 11 is 0. The lowest BCUT2D eigenvalue weighted by molar-refractivity contribution is 0.394. The van der Waals surface area contributed by atoms with Crippen molar-refractivity contribution in [3.8, 4) is 46.7 Å². The molecule has 0 atom stereocenters. The van der Waals surface area contributed by atoms with Crippen LogP contribution in [-0.2, 0) is 0 Å². The standard InChI is InChI=1S/C26H22O4/c1-27-23-13-21(14-24(17-23)28-2)10-8-19-6-5-7-20(12-19)9-11-22-15-25(29-3)18-26(16-22)30-4/h5-7,12-18H,1-4H3. The first-order valence-electron chi connectivity index (χ1n) is 9.23. The average molecular weight is 398 g/mol. The number of methoxy groups -OCH3 is 4. The molecule has 0 aromatic heterocycles. The van der Waals surface area contributed by atoms with E-state index in [2.05, 4.69) is 23.7 Å². The molecule has 0 saturated carbocycles. The number of rotatable bonds is 4. The van der Waals surface area contributed by atoms with Gasteiger partial charge < -0.3 is 18.9 Å². The van der Waals surface area contributed by atoms with Gasteiger partial charge >= 0.3 is 0 Å². The zero-order valence-electron chi connectivity index (χ0n) is 17.4. The number of hydrogen-bond acceptors (Lipinski definition) is 4. The van der Waals surface area contributed by atoms with E-state index in [4.69, 9.17) is 18.9 Å². The number of benzene rings is 3. The molecule has 0 N–H and O–H groups in total. The van der Waals surface area contributed by atoms with Crippen LogP contribution in [0, 0.1) is 23.7 Å². The van der Waals surface area contributed by atoms with Gasteiger partial charge in [-0.15, -0.1) is 0 Å². The van der Waals surface area contributed by atoms with E-state index in [0.29, 0.717) is 23.0 Å². The zero-order valence-corrected chi connectivity index (χ0v) is 17.4. The minimum Gasteiger partial charge on any atom is -0.497 e. The van der Waals surface area contributed by atoms with E-state index >= 15 is 0 Å². The Morgan fingerprint density at radius 3 is 1.10 bits per heavy atom. The van der Waals surface area contributed by atoms with Crippen molar-refractivity contribution in [1.82, 2.24) is 0 Å². The van der Waals surface area contributed by atoms with Crippen LogP contribution in [0.5, 0.6) is 23.0 Å². The molecule has 0 amide bonds. The summed E-state index contributed by atoms with van der Waals surface area (Å²) in [5, 5.41) is 0. The van der Waals surface area contributed by atoms with E-state index in [0.717, 1.165) is 22.3 Å². The average Bonchev–Trinajstić information content (AvgIpc) is 2.81. The summed E-state index contributed by atoms with van der Waals surface area (Å²) < 4.78 is 21.2. The van der Waals surface area contributed by atoms with Crippen LogP contribution in [0.4, 0.5) is 0 Å². The van der Waals surface area contributed by atoms with E-state index < -0.39 is 0 Å². The lowest BCUT2D eigenvalue weighted by Crippen LogP contribution is -1.89. The Balaban J connectivity index is 1.86. The quantitative estimate of drug-likeness (QED) is 0.606. The summed E-state index contributed by atoms with van der Waals surface area (Å²) in [6, 6.07) is 18.9. The van der Waals surface area contributed by atoms with Gasteiger partial charge in [0.2, 0.25) is 0 Å². The minimum atomic E-state index is 0.701. The zero-order chi connectivity index (χ0) is 21.3. The highest BCUT2D eigenvalue weighted by molar-refractivity contribution is 5.53. The molecule has 0 unspecified atom stereocenters. The summed E-state index contributed by atoms with van der Waals surface area (Å²) in [7, 11) is 6.47. The molecule has 3 aromatic carbocycles. The highest BCUT2D eigenvalue weighted by Crippen LogP contribution is 2.23. The monoisotopic (exact) mass is 398 g/mol. The molecule has 150 valence electrons. The van der Waals surface area contributed by atoms with Gasteiger partial charge in [-0.2, -0.15) is 0 Å². The Morgan fingerprint density at radius 1 is 0.433 bits per heavy atom. The number of ether oxygens (including phenoxy) is 4. The highest BCUT2D eigenvalue weighted by atomic mass is 16.5. The smallest absolute Gasteiger partial charge is 0.123 e. The molecule has 0 bridgehead atoms. The Morgan fingerprint density at radius 2 is 0.767 bits per heavy atom. The van der Waals surface area contributed by atoms with Crippen molar-refractivity contribution in [2.45, 2.75) is 0 Å². The van der Waals surface area contributed by atoms with Crippen LogP contribution in [0.3, 0.4) is 0 Å². The van der Waals surface area contributed by atoms with Crippen LogP contribution in [0.2, 0.25) is 0 Å². The molecular weight excluding hydrogens is 376 g/mol. The maximum atomic E-state index is 5.29. The molecule has 3 rings (SSSR count). The second-order valence-electron chi connectivity index (χ2n) is 6.28. The van der Waals surface area contributed by atoms with E-state index in [1.54, 1.807) is 28.4 Å². The van der Waals surface area contributed by atoms with E-state index in [9.17, 15) is 0 Å². The number of hydrogen-bond donors (Lipinski definition) is 0. The van der Waals surface area contributed by atoms with Crippen molar-refractivity contribution in [2.24, 2.45) is 0 Å². The molecule has 0 saturated heterocycles. The molecular formula is C26H22O4. The molecule has 30 heavy (non-hydrogen) atoms. The molecule has 0 radical (unpaired) electrons. The molecule has 3 aromatic rings. The SMILES string of the molecule is COc1cc(C#Cc2cccc(C#Cc3cc(OC)cc(OC)c3)c2)cc(OC)c1. The molecule has 4 nitrogen and oxygen atoms in total. The van der Waals surface area contributed by atoms with E-state index in [1.807, 2.05) is 60.7 Å². The Kier molecular flexibility index (Phi) is 6.87. The van der Waals surface area contributed by atoms with Crippen molar-refractivity contribution in [1.29, 1.82) is 0 Å². The molecule has 4 heteroatoms. The van der Waals surface area contributed by atoms with Crippen molar-refractivity contribution in [3.05, 3.63) is 82.9 Å². The molecule has 0 aliphatic carbocycles. The van der Waals surface area contributed by atoms with E-state index in [-0.39, 0.29) is 0 Å². The third-order valence-electron chi connectivity index (χ3n) is 4.27. The predicted octanol–water partition coefficient (Wildman–Crippen LogP) is 4.52. The maximum absolute atomic E-state index is 5.29. The molecule has 0 heterocycles. The summed E-state index contributed by atoms with van der Waals surface area (Å²) in [4.78, 5) is 0. The first kappa shape index (κ1) is 20.7. The Labute approximate surface area is 177 Å². The van der Waals surface area contributed by atoms with Gasteiger partial charge in [0.15, 0.2) is 0 Å². The van der Waals surface area contributed by atoms with Gasteiger partial charge in [0.1, 0.15) is 23.0 Å². The first-order chi connectivity index (χ1) is 14.6. The van der Waals surface area contributed by atoms with Crippen molar-refractivity contribution in [3.63, 3.8) is 0 Å². The largest absolute Gasteiger partial charge is 0.497 e. The van der Waals surface area contributed by atoms with Crippen molar-refractivity contribution >= 4 is 0 Å². The van der Waals surface area contributed by atoms with Gasteiger partial charge in [0, 0.05) is 34.4 Å². The molecule has 0 fully saturated rings. The second-order valence-corrected chi connectivity index (χ2v) is 6.28. The fraction of sp³-hybridized carbons (Fsp3) is 0.154. The molecule has 0 aliphatic heterocycles. The van der Waals surface area contributed by atoms with Crippen LogP contribution >= 0.6 is 0 Å². The van der Waals surface area contributed by atoms with Crippen LogP contribution in [0.25, 0.3) is 0 Å². The molecule has 0 aliphatic rings. The van der Waals surface area contributed by atoms with Crippen LogP contribution in [0.15, 0.2) is 60.7 Å². The predicted molar refractivity (Wildman–Crippen MR) is 117 cm³/mol. The van der Waals surface area contributed by atoms with Gasteiger partial charge in [-0.3, -0.25) is 0 Å². The van der Waals surface area contributed by atoms with Crippen LogP contribution < -0.4 is 18.9 Å². The third-order valence-corrected chi connectivity index (χ3v) is 4.27. The maximum Gasteiger partial charge on any atom is 0.123 e. The molecule has 0 spiro atoms. The van der Waals surface area contributed by atoms with Crippen LogP contribution in [0.1, 0.15) is 22.3 Å². The third kappa shape index (κ3) is 5.50. The Bertz CT molecular complexity index is 1020. The highest BCUT2D eigenvalue weighted by Gasteiger charge is 2.01. The second kappa shape index (κ2) is 9.96. The topological polar surface area (TPSA) is 36.9 Å². The summed E-state index contributed by atoms with van der Waals surface area (Å²) in [6.45, 7) is 0. The van der Waals surface area contributed by atoms with Gasteiger partial charge in [-0.05, 0) is 42.5 Å². The fourth-order valence-corrected chi connectivity index (χ4v) is 2.72. The van der Waals surface area contributed by atoms with Gasteiger partial charge in [-0.25, -0.2) is 0 Å².